The predicted molar refractivity (Wildman–Crippen MR) is 97.8 cm³/mol. The maximum absolute atomic E-state index is 12.5. The molecule has 3 rings (SSSR count). The predicted octanol–water partition coefficient (Wildman–Crippen LogP) is 4.45. The van der Waals surface area contributed by atoms with Crippen molar-refractivity contribution in [2.24, 2.45) is 5.92 Å². The number of para-hydroxylation sites is 1. The first-order valence-electron chi connectivity index (χ1n) is 7.49. The molecule has 0 saturated carbocycles. The van der Waals surface area contributed by atoms with Gasteiger partial charge in [0, 0.05) is 4.90 Å². The molecule has 1 aliphatic heterocycles. The molecule has 1 N–H and O–H groups in total. The third kappa shape index (κ3) is 3.41. The highest BCUT2D eigenvalue weighted by molar-refractivity contribution is 8.00. The summed E-state index contributed by atoms with van der Waals surface area (Å²) in [5, 5.41) is 3.11. The quantitative estimate of drug-likeness (QED) is 0.658. The molecule has 3 nitrogen and oxygen atoms in total. The molecule has 2 aromatic carbocycles. The number of hydrogen-bond acceptors (Lipinski definition) is 4. The van der Waals surface area contributed by atoms with Crippen molar-refractivity contribution in [3.05, 3.63) is 60.2 Å². The minimum absolute atomic E-state index is 0.112. The average Bonchev–Trinajstić information content (AvgIpc) is 2.71. The Hall–Kier alpha value is -1.85. The minimum atomic E-state index is -0.509. The van der Waals surface area contributed by atoms with E-state index in [2.05, 4.69) is 5.32 Å². The van der Waals surface area contributed by atoms with Gasteiger partial charge in [0.2, 0.25) is 0 Å². The van der Waals surface area contributed by atoms with Crippen molar-refractivity contribution in [3.63, 3.8) is 0 Å². The van der Waals surface area contributed by atoms with Crippen LogP contribution in [-0.2, 0) is 9.53 Å². The van der Waals surface area contributed by atoms with E-state index in [1.165, 1.54) is 0 Å². The molecule has 23 heavy (non-hydrogen) atoms. The van der Waals surface area contributed by atoms with Crippen molar-refractivity contribution in [2.75, 3.05) is 11.9 Å². The lowest BCUT2D eigenvalue weighted by atomic mass is 9.98. The monoisotopic (exact) mass is 343 g/mol. The maximum Gasteiger partial charge on any atom is 0.317 e. The summed E-state index contributed by atoms with van der Waals surface area (Å²) >= 11 is 7.18. The topological polar surface area (TPSA) is 38.3 Å². The summed E-state index contributed by atoms with van der Waals surface area (Å²) in [6, 6.07) is 17.9. The Morgan fingerprint density at radius 2 is 1.87 bits per heavy atom. The van der Waals surface area contributed by atoms with E-state index >= 15 is 0 Å². The number of esters is 1. The van der Waals surface area contributed by atoms with Crippen molar-refractivity contribution < 1.29 is 9.53 Å². The van der Waals surface area contributed by atoms with Crippen LogP contribution in [0, 0.1) is 5.92 Å². The van der Waals surface area contributed by atoms with Gasteiger partial charge in [-0.2, -0.15) is 0 Å². The number of ether oxygens (including phenoxy) is 1. The Kier molecular flexibility index (Phi) is 4.98. The number of anilines is 1. The SMILES string of the molecule is CCOC(=O)[C@@H]1C(=S)Nc2ccccc2S[C@H]1c1ccccc1. The summed E-state index contributed by atoms with van der Waals surface area (Å²) in [7, 11) is 0. The largest absolute Gasteiger partial charge is 0.465 e. The van der Waals surface area contributed by atoms with Gasteiger partial charge < -0.3 is 10.1 Å². The van der Waals surface area contributed by atoms with Crippen LogP contribution in [0.2, 0.25) is 0 Å². The Bertz CT molecular complexity index is 718. The molecule has 1 heterocycles. The molecule has 0 unspecified atom stereocenters. The first kappa shape index (κ1) is 16.0. The Labute approximate surface area is 145 Å². The molecule has 1 aliphatic rings. The molecule has 2 atom stereocenters. The number of benzene rings is 2. The van der Waals surface area contributed by atoms with Gasteiger partial charge >= 0.3 is 5.97 Å². The van der Waals surface area contributed by atoms with Gasteiger partial charge in [-0.25, -0.2) is 0 Å². The summed E-state index contributed by atoms with van der Waals surface area (Å²) in [5.74, 6) is -0.788. The van der Waals surface area contributed by atoms with Crippen molar-refractivity contribution in [2.45, 2.75) is 17.1 Å². The number of fused-ring (bicyclic) bond motifs is 1. The second kappa shape index (κ2) is 7.15. The number of hydrogen-bond donors (Lipinski definition) is 1. The molecule has 0 amide bonds. The van der Waals surface area contributed by atoms with Crippen LogP contribution in [0.25, 0.3) is 0 Å². The zero-order valence-electron chi connectivity index (χ0n) is 12.7. The molecular formula is C18H17NO2S2. The van der Waals surface area contributed by atoms with Crippen LogP contribution in [0.15, 0.2) is 59.5 Å². The first-order chi connectivity index (χ1) is 11.2. The highest BCUT2D eigenvalue weighted by atomic mass is 32.2. The second-order valence-corrected chi connectivity index (χ2v) is 6.79. The standard InChI is InChI=1S/C18H17NO2S2/c1-2-21-18(20)15-16(12-8-4-3-5-9-12)23-14-11-7-6-10-13(14)19-17(15)22/h3-11,15-16H,2H2,1H3,(H,19,22)/t15-,16-/m0/s1. The fraction of sp³-hybridized carbons (Fsp3) is 0.222. The van der Waals surface area contributed by atoms with Gasteiger partial charge in [-0.05, 0) is 24.6 Å². The second-order valence-electron chi connectivity index (χ2n) is 5.16. The molecule has 0 bridgehead atoms. The van der Waals surface area contributed by atoms with Crippen LogP contribution in [0.3, 0.4) is 0 Å². The van der Waals surface area contributed by atoms with Gasteiger partial charge in [-0.3, -0.25) is 4.79 Å². The number of carbonyl (C=O) groups excluding carboxylic acids is 1. The Balaban J connectivity index is 2.05. The Morgan fingerprint density at radius 3 is 2.61 bits per heavy atom. The van der Waals surface area contributed by atoms with Crippen LogP contribution in [0.4, 0.5) is 5.69 Å². The highest BCUT2D eigenvalue weighted by Crippen LogP contribution is 2.46. The minimum Gasteiger partial charge on any atom is -0.465 e. The van der Waals surface area contributed by atoms with E-state index < -0.39 is 5.92 Å². The van der Waals surface area contributed by atoms with Crippen molar-refractivity contribution >= 4 is 40.6 Å². The van der Waals surface area contributed by atoms with Crippen molar-refractivity contribution in [1.82, 2.24) is 0 Å². The van der Waals surface area contributed by atoms with Crippen LogP contribution in [0.5, 0.6) is 0 Å². The average molecular weight is 343 g/mol. The van der Waals surface area contributed by atoms with E-state index in [-0.39, 0.29) is 11.2 Å². The molecule has 0 aromatic heterocycles. The number of nitrogens with one attached hydrogen (secondary N) is 1. The van der Waals surface area contributed by atoms with E-state index in [1.807, 2.05) is 61.5 Å². The van der Waals surface area contributed by atoms with Crippen molar-refractivity contribution in [1.29, 1.82) is 0 Å². The molecule has 0 aliphatic carbocycles. The summed E-state index contributed by atoms with van der Waals surface area (Å²) < 4.78 is 5.28. The Morgan fingerprint density at radius 1 is 1.17 bits per heavy atom. The molecule has 0 fully saturated rings. The molecule has 5 heteroatoms. The number of carbonyl (C=O) groups is 1. The molecular weight excluding hydrogens is 326 g/mol. The third-order valence-corrected chi connectivity index (χ3v) is 5.42. The van der Waals surface area contributed by atoms with Crippen LogP contribution in [-0.4, -0.2) is 17.6 Å². The molecule has 2 aromatic rings. The summed E-state index contributed by atoms with van der Waals surface area (Å²) in [4.78, 5) is 14.1. The van der Waals surface area contributed by atoms with E-state index in [0.717, 1.165) is 16.1 Å². The first-order valence-corrected chi connectivity index (χ1v) is 8.77. The van der Waals surface area contributed by atoms with Gasteiger partial charge in [0.15, 0.2) is 0 Å². The normalized spacial score (nSPS) is 20.1. The fourth-order valence-corrected chi connectivity index (χ4v) is 4.37. The van der Waals surface area contributed by atoms with E-state index in [9.17, 15) is 4.79 Å². The fourth-order valence-electron chi connectivity index (χ4n) is 2.59. The van der Waals surface area contributed by atoms with Crippen LogP contribution >= 0.6 is 24.0 Å². The zero-order chi connectivity index (χ0) is 16.2. The van der Waals surface area contributed by atoms with Crippen LogP contribution in [0.1, 0.15) is 17.7 Å². The maximum atomic E-state index is 12.5. The molecule has 0 spiro atoms. The van der Waals surface area contributed by atoms with E-state index in [0.29, 0.717) is 11.6 Å². The summed E-state index contributed by atoms with van der Waals surface area (Å²) in [5.41, 5.74) is 2.01. The summed E-state index contributed by atoms with van der Waals surface area (Å²) in [6.45, 7) is 2.15. The lowest BCUT2D eigenvalue weighted by molar-refractivity contribution is -0.145. The lowest BCUT2D eigenvalue weighted by Crippen LogP contribution is -2.32. The van der Waals surface area contributed by atoms with Gasteiger partial charge in [0.05, 0.1) is 22.5 Å². The number of thiocarbonyl (C=S) groups is 1. The van der Waals surface area contributed by atoms with Gasteiger partial charge in [0.1, 0.15) is 5.92 Å². The van der Waals surface area contributed by atoms with Crippen molar-refractivity contribution in [3.8, 4) is 0 Å². The number of rotatable bonds is 3. The molecule has 118 valence electrons. The lowest BCUT2D eigenvalue weighted by Gasteiger charge is -2.23. The van der Waals surface area contributed by atoms with E-state index in [1.54, 1.807) is 11.8 Å². The van der Waals surface area contributed by atoms with Gasteiger partial charge in [-0.15, -0.1) is 11.8 Å². The summed E-state index contributed by atoms with van der Waals surface area (Å²) in [6.07, 6.45) is 0. The van der Waals surface area contributed by atoms with E-state index in [4.69, 9.17) is 17.0 Å². The third-order valence-electron chi connectivity index (χ3n) is 3.65. The zero-order valence-corrected chi connectivity index (χ0v) is 14.3. The van der Waals surface area contributed by atoms with Gasteiger partial charge in [0.25, 0.3) is 0 Å². The smallest absolute Gasteiger partial charge is 0.317 e. The van der Waals surface area contributed by atoms with Crippen LogP contribution < -0.4 is 5.32 Å². The molecule has 0 radical (unpaired) electrons. The molecule has 0 saturated heterocycles. The van der Waals surface area contributed by atoms with Gasteiger partial charge in [-0.1, -0.05) is 54.7 Å². The number of thioether (sulfide) groups is 1. The highest BCUT2D eigenvalue weighted by Gasteiger charge is 2.38.